The van der Waals surface area contributed by atoms with Crippen LogP contribution in [0.25, 0.3) is 0 Å². The van der Waals surface area contributed by atoms with Crippen LogP contribution >= 0.6 is 15.9 Å². The topological polar surface area (TPSA) is 50.3 Å². The average Bonchev–Trinajstić information content (AvgIpc) is 2.39. The van der Waals surface area contributed by atoms with Crippen molar-refractivity contribution in [3.8, 4) is 0 Å². The fourth-order valence-corrected chi connectivity index (χ4v) is 3.22. The van der Waals surface area contributed by atoms with Gasteiger partial charge in [0.2, 0.25) is 10.0 Å². The van der Waals surface area contributed by atoms with E-state index in [4.69, 9.17) is 0 Å². The lowest BCUT2D eigenvalue weighted by atomic mass is 10.3. The van der Waals surface area contributed by atoms with Crippen molar-refractivity contribution in [1.29, 1.82) is 0 Å². The number of halogens is 2. The maximum atomic E-state index is 13.8. The normalized spacial score (nSPS) is 11.8. The first-order valence-corrected chi connectivity index (χ1v) is 7.95. The van der Waals surface area contributed by atoms with Crippen LogP contribution in [0.2, 0.25) is 0 Å². The average molecular weight is 359 g/mol. The van der Waals surface area contributed by atoms with Crippen LogP contribution in [0.3, 0.4) is 0 Å². The van der Waals surface area contributed by atoms with E-state index in [-0.39, 0.29) is 11.4 Å². The fourth-order valence-electron chi connectivity index (χ4n) is 1.69. The molecule has 0 N–H and O–H groups in total. The number of sulfonamides is 1. The van der Waals surface area contributed by atoms with Crippen LogP contribution in [-0.4, -0.2) is 24.8 Å². The van der Waals surface area contributed by atoms with Gasteiger partial charge in [0.25, 0.3) is 0 Å². The Bertz CT molecular complexity index is 708. The first kappa shape index (κ1) is 15.1. The third-order valence-corrected chi connectivity index (χ3v) is 5.04. The Kier molecular flexibility index (Phi) is 4.52. The van der Waals surface area contributed by atoms with Crippen molar-refractivity contribution in [2.75, 3.05) is 7.05 Å². The number of benzene rings is 1. The van der Waals surface area contributed by atoms with Gasteiger partial charge >= 0.3 is 0 Å². The molecule has 0 aliphatic heterocycles. The lowest BCUT2D eigenvalue weighted by Gasteiger charge is -2.17. The highest BCUT2D eigenvalue weighted by Gasteiger charge is 2.24. The summed E-state index contributed by atoms with van der Waals surface area (Å²) in [6.07, 6.45) is 3.18. The molecule has 0 bridgehead atoms. The molecule has 0 unspecified atom stereocenters. The minimum Gasteiger partial charge on any atom is -0.264 e. The number of rotatable bonds is 4. The lowest BCUT2D eigenvalue weighted by molar-refractivity contribution is 0.459. The Labute approximate surface area is 125 Å². The van der Waals surface area contributed by atoms with E-state index in [1.165, 1.54) is 19.2 Å². The Morgan fingerprint density at radius 3 is 2.70 bits per heavy atom. The molecular formula is C13H12BrFN2O2S. The number of pyridine rings is 1. The third kappa shape index (κ3) is 3.23. The molecule has 0 fully saturated rings. The van der Waals surface area contributed by atoms with E-state index >= 15 is 0 Å². The van der Waals surface area contributed by atoms with E-state index in [2.05, 4.69) is 20.9 Å². The summed E-state index contributed by atoms with van der Waals surface area (Å²) in [6.45, 7) is 0.131. The largest absolute Gasteiger partial charge is 0.264 e. The molecule has 0 atom stereocenters. The fraction of sp³-hybridized carbons (Fsp3) is 0.154. The summed E-state index contributed by atoms with van der Waals surface area (Å²) in [5, 5.41) is 0. The van der Waals surface area contributed by atoms with Crippen molar-refractivity contribution in [2.24, 2.45) is 0 Å². The van der Waals surface area contributed by atoms with Gasteiger partial charge in [-0.3, -0.25) is 4.98 Å². The molecule has 7 heteroatoms. The zero-order chi connectivity index (χ0) is 14.8. The Hall–Kier alpha value is -1.31. The predicted octanol–water partition coefficient (Wildman–Crippen LogP) is 2.80. The van der Waals surface area contributed by atoms with Gasteiger partial charge < -0.3 is 0 Å². The smallest absolute Gasteiger partial charge is 0.246 e. The highest BCUT2D eigenvalue weighted by atomic mass is 79.9. The molecule has 0 amide bonds. The number of hydrogen-bond acceptors (Lipinski definition) is 3. The molecule has 106 valence electrons. The van der Waals surface area contributed by atoms with Gasteiger partial charge in [-0.15, -0.1) is 0 Å². The van der Waals surface area contributed by atoms with Gasteiger partial charge in [0, 0.05) is 30.5 Å². The van der Waals surface area contributed by atoms with Crippen LogP contribution in [0.15, 0.2) is 52.1 Å². The maximum absolute atomic E-state index is 13.8. The van der Waals surface area contributed by atoms with Crippen LogP contribution in [-0.2, 0) is 16.6 Å². The summed E-state index contributed by atoms with van der Waals surface area (Å²) in [5.41, 5.74) is 0.732. The van der Waals surface area contributed by atoms with Crippen molar-refractivity contribution in [2.45, 2.75) is 11.4 Å². The third-order valence-electron chi connectivity index (χ3n) is 2.71. The SMILES string of the molecule is CN(Cc1cccnc1)S(=O)(=O)c1ccc(Br)cc1F. The first-order valence-electron chi connectivity index (χ1n) is 5.71. The maximum Gasteiger partial charge on any atom is 0.246 e. The molecule has 20 heavy (non-hydrogen) atoms. The molecule has 1 heterocycles. The van der Waals surface area contributed by atoms with E-state index in [1.807, 2.05) is 0 Å². The molecular weight excluding hydrogens is 347 g/mol. The molecule has 1 aromatic heterocycles. The van der Waals surface area contributed by atoms with Gasteiger partial charge in [-0.25, -0.2) is 12.8 Å². The van der Waals surface area contributed by atoms with Crippen molar-refractivity contribution in [1.82, 2.24) is 9.29 Å². The van der Waals surface area contributed by atoms with Crippen molar-refractivity contribution in [3.63, 3.8) is 0 Å². The number of nitrogens with zero attached hydrogens (tertiary/aromatic N) is 2. The van der Waals surface area contributed by atoms with E-state index in [0.29, 0.717) is 4.47 Å². The summed E-state index contributed by atoms with van der Waals surface area (Å²) in [6, 6.07) is 7.35. The van der Waals surface area contributed by atoms with Gasteiger partial charge in [0.05, 0.1) is 0 Å². The minimum atomic E-state index is -3.87. The van der Waals surface area contributed by atoms with Crippen molar-refractivity contribution < 1.29 is 12.8 Å². The highest BCUT2D eigenvalue weighted by Crippen LogP contribution is 2.22. The molecule has 2 aromatic rings. The standard InChI is InChI=1S/C13H12BrFN2O2S/c1-17(9-10-3-2-6-16-8-10)20(18,19)13-5-4-11(14)7-12(13)15/h2-8H,9H2,1H3. The van der Waals surface area contributed by atoms with Crippen LogP contribution < -0.4 is 0 Å². The first-order chi connectivity index (χ1) is 9.41. The lowest BCUT2D eigenvalue weighted by Crippen LogP contribution is -2.27. The molecule has 2 rings (SSSR count). The summed E-state index contributed by atoms with van der Waals surface area (Å²) >= 11 is 3.10. The van der Waals surface area contributed by atoms with Gasteiger partial charge in [0.15, 0.2) is 0 Å². The zero-order valence-electron chi connectivity index (χ0n) is 10.6. The summed E-state index contributed by atoms with van der Waals surface area (Å²) < 4.78 is 40.0. The van der Waals surface area contributed by atoms with E-state index in [9.17, 15) is 12.8 Å². The second-order valence-corrected chi connectivity index (χ2v) is 7.13. The Morgan fingerprint density at radius 2 is 2.10 bits per heavy atom. The Balaban J connectivity index is 2.30. The Morgan fingerprint density at radius 1 is 1.35 bits per heavy atom. The monoisotopic (exact) mass is 358 g/mol. The van der Waals surface area contributed by atoms with Gasteiger partial charge in [-0.1, -0.05) is 22.0 Å². The van der Waals surface area contributed by atoms with Gasteiger partial charge in [-0.2, -0.15) is 4.31 Å². The molecule has 0 spiro atoms. The zero-order valence-corrected chi connectivity index (χ0v) is 13.0. The van der Waals surface area contributed by atoms with Crippen molar-refractivity contribution >= 4 is 26.0 Å². The van der Waals surface area contributed by atoms with E-state index in [0.717, 1.165) is 15.9 Å². The second-order valence-electron chi connectivity index (χ2n) is 4.20. The second kappa shape index (κ2) is 5.99. The molecule has 1 aromatic carbocycles. The summed E-state index contributed by atoms with van der Waals surface area (Å²) in [5.74, 6) is -0.780. The highest BCUT2D eigenvalue weighted by molar-refractivity contribution is 9.10. The van der Waals surface area contributed by atoms with Crippen LogP contribution in [0.4, 0.5) is 4.39 Å². The molecule has 4 nitrogen and oxygen atoms in total. The quantitative estimate of drug-likeness (QED) is 0.844. The van der Waals surface area contributed by atoms with Crippen LogP contribution in [0.5, 0.6) is 0 Å². The molecule has 0 aliphatic rings. The summed E-state index contributed by atoms with van der Waals surface area (Å²) in [4.78, 5) is 3.58. The molecule has 0 saturated carbocycles. The van der Waals surface area contributed by atoms with Crippen LogP contribution in [0, 0.1) is 5.82 Å². The van der Waals surface area contributed by atoms with Gasteiger partial charge in [-0.05, 0) is 29.8 Å². The minimum absolute atomic E-state index is 0.131. The van der Waals surface area contributed by atoms with E-state index < -0.39 is 15.8 Å². The number of hydrogen-bond donors (Lipinski definition) is 0. The predicted molar refractivity (Wildman–Crippen MR) is 77.0 cm³/mol. The number of aromatic nitrogens is 1. The summed E-state index contributed by atoms with van der Waals surface area (Å²) in [7, 11) is -2.47. The molecule has 0 aliphatic carbocycles. The molecule has 0 radical (unpaired) electrons. The van der Waals surface area contributed by atoms with E-state index in [1.54, 1.807) is 24.5 Å². The van der Waals surface area contributed by atoms with Gasteiger partial charge in [0.1, 0.15) is 10.7 Å². The van der Waals surface area contributed by atoms with Crippen molar-refractivity contribution in [3.05, 3.63) is 58.6 Å². The molecule has 0 saturated heterocycles. The van der Waals surface area contributed by atoms with Crippen LogP contribution in [0.1, 0.15) is 5.56 Å².